The van der Waals surface area contributed by atoms with Crippen molar-refractivity contribution in [1.82, 2.24) is 0 Å². The van der Waals surface area contributed by atoms with Crippen LogP contribution in [0.25, 0.3) is 0 Å². The molecule has 0 spiro atoms. The van der Waals surface area contributed by atoms with Crippen LogP contribution in [0, 0.1) is 13.0 Å². The second kappa shape index (κ2) is 13.6. The molecule has 0 bridgehead atoms. The molecule has 0 saturated heterocycles. The molecule has 0 atom stereocenters. The van der Waals surface area contributed by atoms with Gasteiger partial charge in [-0.2, -0.15) is 12.8 Å². The van der Waals surface area contributed by atoms with E-state index in [1.54, 1.807) is 0 Å². The van der Waals surface area contributed by atoms with Gasteiger partial charge in [0.1, 0.15) is 0 Å². The van der Waals surface area contributed by atoms with E-state index in [0.29, 0.717) is 0 Å². The zero-order chi connectivity index (χ0) is 7.11. The molecule has 0 aromatic rings. The van der Waals surface area contributed by atoms with Gasteiger partial charge in [0, 0.05) is 0 Å². The van der Waals surface area contributed by atoms with Crippen LogP contribution < -0.4 is 0 Å². The summed E-state index contributed by atoms with van der Waals surface area (Å²) in [6.45, 7) is 8.75. The van der Waals surface area contributed by atoms with Gasteiger partial charge in [-0.3, -0.25) is 5.57 Å². The summed E-state index contributed by atoms with van der Waals surface area (Å²) in [5, 5.41) is 0. The maximum absolute atomic E-state index is 5.03. The van der Waals surface area contributed by atoms with Crippen LogP contribution in [0.5, 0.6) is 0 Å². The number of halogens is 1. The summed E-state index contributed by atoms with van der Waals surface area (Å²) in [5.74, 6) is 0. The normalized spacial score (nSPS) is 13.3. The monoisotopic (exact) mass is 228 g/mol. The molecule has 1 rings (SSSR count). The molecule has 0 nitrogen and oxygen atoms in total. The summed E-state index contributed by atoms with van der Waals surface area (Å²) in [5.41, 5.74) is 0.917. The molecule has 0 aromatic heterocycles. The maximum Gasteiger partial charge on any atom is 2.00 e. The van der Waals surface area contributed by atoms with E-state index in [1.807, 2.05) is 13.8 Å². The second-order valence-electron chi connectivity index (χ2n) is 2.65. The molecule has 0 amide bonds. The van der Waals surface area contributed by atoms with Gasteiger partial charge in [-0.05, 0) is 0 Å². The van der Waals surface area contributed by atoms with Crippen molar-refractivity contribution >= 4 is 40.0 Å². The summed E-state index contributed by atoms with van der Waals surface area (Å²) in [6, 6.07) is 0. The van der Waals surface area contributed by atoms with Gasteiger partial charge >= 0.3 is 23.1 Å². The summed E-state index contributed by atoms with van der Waals surface area (Å²) in [7, 11) is 0. The van der Waals surface area contributed by atoms with Crippen molar-refractivity contribution in [2.24, 2.45) is 0 Å². The molecule has 0 heterocycles. The molecule has 0 aliphatic heterocycles. The largest absolute Gasteiger partial charge is 2.00 e. The first kappa shape index (κ1) is 17.9. The van der Waals surface area contributed by atoms with Gasteiger partial charge in [-0.25, -0.2) is 0 Å². The Morgan fingerprint density at radius 1 is 1.18 bits per heavy atom. The van der Waals surface area contributed by atoms with E-state index in [-0.39, 0.29) is 40.0 Å². The van der Waals surface area contributed by atoms with Crippen LogP contribution in [0.4, 0.5) is 0 Å². The molecule has 0 unspecified atom stereocenters. The molecule has 62 valence electrons. The van der Waals surface area contributed by atoms with Crippen LogP contribution in [0.15, 0.2) is 5.57 Å². The van der Waals surface area contributed by atoms with Crippen molar-refractivity contribution in [1.29, 1.82) is 0 Å². The van der Waals surface area contributed by atoms with E-state index in [9.17, 15) is 0 Å². The predicted octanol–water partition coefficient (Wildman–Crippen LogP) is 3.35. The topological polar surface area (TPSA) is 0 Å². The number of rotatable bonds is 0. The average Bonchev–Trinajstić information content (AvgIpc) is 2.11. The van der Waals surface area contributed by atoms with Crippen molar-refractivity contribution < 1.29 is 0 Å². The maximum atomic E-state index is 5.03. The standard InChI is InChI=1S/C5H9.C4H7.BrH.Mg/c1-2-4-5-3-1;1-4(2)3;;/h1H,2-5H2;1H,2-3H3;1H;/q2*-1;;+2. The van der Waals surface area contributed by atoms with Crippen LogP contribution in [0.3, 0.4) is 0 Å². The first-order chi connectivity index (χ1) is 4.23. The predicted molar refractivity (Wildman–Crippen MR) is 58.0 cm³/mol. The van der Waals surface area contributed by atoms with E-state index >= 15 is 0 Å². The second-order valence-corrected chi connectivity index (χ2v) is 2.65. The molecule has 0 aromatic carbocycles. The molecule has 1 aliphatic rings. The van der Waals surface area contributed by atoms with Gasteiger partial charge in [0.25, 0.3) is 0 Å². The Bertz CT molecular complexity index is 66.0. The van der Waals surface area contributed by atoms with Gasteiger partial charge in [-0.15, -0.1) is 17.0 Å². The SMILES string of the molecule is Br.[CH-]1CCCC1.[CH-]=C(C)C.[Mg+2]. The van der Waals surface area contributed by atoms with E-state index in [2.05, 4.69) is 6.42 Å². The number of hydrogen-bond donors (Lipinski definition) is 0. The first-order valence-electron chi connectivity index (χ1n) is 3.61. The van der Waals surface area contributed by atoms with E-state index in [1.165, 1.54) is 25.7 Å². The quantitative estimate of drug-likeness (QED) is 0.441. The van der Waals surface area contributed by atoms with Crippen LogP contribution in [0.1, 0.15) is 39.5 Å². The molecule has 0 N–H and O–H groups in total. The Labute approximate surface area is 97.8 Å². The Morgan fingerprint density at radius 2 is 1.45 bits per heavy atom. The summed E-state index contributed by atoms with van der Waals surface area (Å²) < 4.78 is 0. The van der Waals surface area contributed by atoms with Crippen molar-refractivity contribution in [3.63, 3.8) is 0 Å². The van der Waals surface area contributed by atoms with Crippen LogP contribution in [-0.4, -0.2) is 23.1 Å². The number of allylic oxidation sites excluding steroid dienone is 1. The summed E-state index contributed by atoms with van der Waals surface area (Å²) in [6.07, 6.45) is 8.00. The third-order valence-electron chi connectivity index (χ3n) is 1.07. The Hall–Kier alpha value is 0.986. The fraction of sp³-hybridized carbons (Fsp3) is 0.667. The zero-order valence-electron chi connectivity index (χ0n) is 7.60. The van der Waals surface area contributed by atoms with Crippen molar-refractivity contribution in [3.8, 4) is 0 Å². The van der Waals surface area contributed by atoms with Crippen molar-refractivity contribution in [2.75, 3.05) is 0 Å². The smallest absolute Gasteiger partial charge is 0.515 e. The fourth-order valence-electron chi connectivity index (χ4n) is 0.722. The van der Waals surface area contributed by atoms with E-state index < -0.39 is 0 Å². The van der Waals surface area contributed by atoms with Crippen LogP contribution in [0.2, 0.25) is 0 Å². The minimum atomic E-state index is 0. The molecule has 1 fully saturated rings. The van der Waals surface area contributed by atoms with Crippen LogP contribution in [-0.2, 0) is 0 Å². The van der Waals surface area contributed by atoms with Crippen LogP contribution >= 0.6 is 17.0 Å². The minimum Gasteiger partial charge on any atom is -0.515 e. The van der Waals surface area contributed by atoms with Crippen molar-refractivity contribution in [3.05, 3.63) is 18.6 Å². The Kier molecular flexibility index (Phi) is 22.1. The molecular formula is C9H17BrMg. The Balaban J connectivity index is -0.000000101. The average molecular weight is 229 g/mol. The van der Waals surface area contributed by atoms with E-state index in [0.717, 1.165) is 5.57 Å². The Morgan fingerprint density at radius 3 is 1.55 bits per heavy atom. The number of hydrogen-bond acceptors (Lipinski definition) is 0. The van der Waals surface area contributed by atoms with Crippen molar-refractivity contribution in [2.45, 2.75) is 39.5 Å². The third kappa shape index (κ3) is 24.8. The first-order valence-corrected chi connectivity index (χ1v) is 3.61. The molecule has 2 heteroatoms. The molecule has 1 aliphatic carbocycles. The minimum absolute atomic E-state index is 0. The molecule has 11 heavy (non-hydrogen) atoms. The van der Waals surface area contributed by atoms with Gasteiger partial charge in [0.05, 0.1) is 0 Å². The van der Waals surface area contributed by atoms with Gasteiger partial charge in [0.15, 0.2) is 0 Å². The van der Waals surface area contributed by atoms with Gasteiger partial charge < -0.3 is 13.0 Å². The summed E-state index contributed by atoms with van der Waals surface area (Å²) in [4.78, 5) is 0. The van der Waals surface area contributed by atoms with E-state index in [4.69, 9.17) is 6.58 Å². The summed E-state index contributed by atoms with van der Waals surface area (Å²) >= 11 is 0. The zero-order valence-corrected chi connectivity index (χ0v) is 10.7. The molecule has 0 radical (unpaired) electrons. The van der Waals surface area contributed by atoms with Gasteiger partial charge in [0.2, 0.25) is 0 Å². The van der Waals surface area contributed by atoms with Gasteiger partial charge in [-0.1, -0.05) is 26.7 Å². The third-order valence-corrected chi connectivity index (χ3v) is 1.07. The molecule has 1 saturated carbocycles. The fourth-order valence-corrected chi connectivity index (χ4v) is 0.722. The molecular weight excluding hydrogens is 212 g/mol.